The molecule has 6 heteroatoms. The number of carbonyl (C=O) groups excluding carboxylic acids is 2. The minimum absolute atomic E-state index is 0.305. The Hall–Kier alpha value is -3.54. The molecule has 118 valence electrons. The van der Waals surface area contributed by atoms with Gasteiger partial charge in [0.05, 0.1) is 11.0 Å². The number of ether oxygens (including phenoxy) is 2. The fourth-order valence-corrected chi connectivity index (χ4v) is 2.51. The van der Waals surface area contributed by atoms with Crippen molar-refractivity contribution in [2.24, 2.45) is 0 Å². The lowest BCUT2D eigenvalue weighted by atomic mass is 10.4. The van der Waals surface area contributed by atoms with Gasteiger partial charge >= 0.3 is 11.9 Å². The molecule has 0 aromatic carbocycles. The second-order valence-electron chi connectivity index (χ2n) is 5.13. The quantitative estimate of drug-likeness (QED) is 0.421. The van der Waals surface area contributed by atoms with Crippen LogP contribution in [-0.4, -0.2) is 20.7 Å². The molecule has 0 aliphatic heterocycles. The lowest BCUT2D eigenvalue weighted by Crippen LogP contribution is -2.25. The highest BCUT2D eigenvalue weighted by molar-refractivity contribution is 6.31. The van der Waals surface area contributed by atoms with Gasteiger partial charge < -0.3 is 18.3 Å². The zero-order chi connectivity index (χ0) is 16.5. The molecule has 0 bridgehead atoms. The molecule has 0 unspecified atom stereocenters. The molecule has 0 radical (unpaired) electrons. The maximum absolute atomic E-state index is 12.0. The van der Waals surface area contributed by atoms with Gasteiger partial charge in [-0.15, -0.1) is 0 Å². The first-order valence-electron chi connectivity index (χ1n) is 7.28. The molecule has 0 aliphatic rings. The zero-order valence-corrected chi connectivity index (χ0v) is 12.5. The average molecular weight is 320 g/mol. The Labute approximate surface area is 136 Å². The summed E-state index contributed by atoms with van der Waals surface area (Å²) in [6, 6.07) is 14.2. The molecule has 4 heterocycles. The van der Waals surface area contributed by atoms with E-state index in [-0.39, 0.29) is 0 Å². The number of hydrogen-bond acceptors (Lipinski definition) is 4. The summed E-state index contributed by atoms with van der Waals surface area (Å²) in [6.45, 7) is 0. The smallest absolute Gasteiger partial charge is 0.416 e. The Morgan fingerprint density at radius 3 is 1.54 bits per heavy atom. The Kier molecular flexibility index (Phi) is 3.28. The van der Waals surface area contributed by atoms with Crippen molar-refractivity contribution in [1.29, 1.82) is 0 Å². The van der Waals surface area contributed by atoms with Crippen LogP contribution in [0.15, 0.2) is 73.3 Å². The van der Waals surface area contributed by atoms with Gasteiger partial charge in [0.15, 0.2) is 11.5 Å². The Morgan fingerprint density at radius 2 is 1.08 bits per heavy atom. The zero-order valence-electron chi connectivity index (χ0n) is 12.5. The largest absolute Gasteiger partial charge is 0.423 e. The molecule has 0 aliphatic carbocycles. The topological polar surface area (TPSA) is 61.4 Å². The van der Waals surface area contributed by atoms with E-state index in [4.69, 9.17) is 9.47 Å². The van der Waals surface area contributed by atoms with Crippen molar-refractivity contribution in [2.75, 3.05) is 0 Å². The number of aromatic nitrogens is 2. The van der Waals surface area contributed by atoms with Gasteiger partial charge in [-0.1, -0.05) is 12.1 Å². The highest BCUT2D eigenvalue weighted by atomic mass is 16.6. The summed E-state index contributed by atoms with van der Waals surface area (Å²) in [5.41, 5.74) is 1.38. The molecular weight excluding hydrogens is 308 g/mol. The number of hydrogen-bond donors (Lipinski definition) is 0. The third-order valence-corrected chi connectivity index (χ3v) is 3.63. The summed E-state index contributed by atoms with van der Waals surface area (Å²) >= 11 is 0. The van der Waals surface area contributed by atoms with Crippen LogP contribution in [0, 0.1) is 0 Å². The van der Waals surface area contributed by atoms with E-state index < -0.39 is 11.9 Å². The molecular formula is C18H12N2O4. The van der Waals surface area contributed by atoms with E-state index in [0.717, 1.165) is 0 Å². The van der Waals surface area contributed by atoms with Gasteiger partial charge in [0.25, 0.3) is 0 Å². The summed E-state index contributed by atoms with van der Waals surface area (Å²) in [4.78, 5) is 24.0. The van der Waals surface area contributed by atoms with Gasteiger partial charge in [0.1, 0.15) is 0 Å². The molecule has 4 aromatic rings. The third kappa shape index (κ3) is 2.40. The van der Waals surface area contributed by atoms with Crippen molar-refractivity contribution in [1.82, 2.24) is 8.80 Å². The predicted molar refractivity (Wildman–Crippen MR) is 86.1 cm³/mol. The standard InChI is InChI=1S/C18H12N2O4/c21-17(23-15-7-11-19-9-3-1-5-13(15)19)18(22)24-16-8-12-20-10-4-2-6-14(16)20/h1-12H. The van der Waals surface area contributed by atoms with Gasteiger partial charge in [-0.05, 0) is 36.4 Å². The third-order valence-electron chi connectivity index (χ3n) is 3.63. The molecule has 0 N–H and O–H groups in total. The molecule has 4 rings (SSSR count). The first-order chi connectivity index (χ1) is 11.7. The Balaban J connectivity index is 1.53. The van der Waals surface area contributed by atoms with Gasteiger partial charge in [-0.3, -0.25) is 0 Å². The van der Waals surface area contributed by atoms with E-state index in [2.05, 4.69) is 0 Å². The first-order valence-corrected chi connectivity index (χ1v) is 7.28. The normalized spacial score (nSPS) is 10.8. The summed E-state index contributed by atoms with van der Waals surface area (Å²) in [5, 5.41) is 0. The number of fused-ring (bicyclic) bond motifs is 2. The molecule has 24 heavy (non-hydrogen) atoms. The van der Waals surface area contributed by atoms with Gasteiger partial charge in [-0.25, -0.2) is 9.59 Å². The summed E-state index contributed by atoms with van der Waals surface area (Å²) < 4.78 is 13.9. The Bertz CT molecular complexity index is 975. The van der Waals surface area contributed by atoms with E-state index in [1.807, 2.05) is 36.7 Å². The second-order valence-corrected chi connectivity index (χ2v) is 5.13. The minimum Gasteiger partial charge on any atom is -0.416 e. The average Bonchev–Trinajstić information content (AvgIpc) is 3.20. The van der Waals surface area contributed by atoms with Crippen LogP contribution >= 0.6 is 0 Å². The number of pyridine rings is 2. The van der Waals surface area contributed by atoms with Crippen LogP contribution in [0.1, 0.15) is 0 Å². The van der Waals surface area contributed by atoms with Crippen LogP contribution in [0.4, 0.5) is 0 Å². The molecule has 0 fully saturated rings. The van der Waals surface area contributed by atoms with Crippen LogP contribution in [0.25, 0.3) is 11.0 Å². The highest BCUT2D eigenvalue weighted by Crippen LogP contribution is 2.23. The van der Waals surface area contributed by atoms with Crippen molar-refractivity contribution >= 4 is 23.0 Å². The van der Waals surface area contributed by atoms with Crippen molar-refractivity contribution in [3.05, 3.63) is 73.3 Å². The van der Waals surface area contributed by atoms with E-state index in [1.54, 1.807) is 45.5 Å². The second kappa shape index (κ2) is 5.58. The molecule has 0 atom stereocenters. The fourth-order valence-electron chi connectivity index (χ4n) is 2.51. The summed E-state index contributed by atoms with van der Waals surface area (Å²) in [7, 11) is 0. The van der Waals surface area contributed by atoms with E-state index in [0.29, 0.717) is 22.5 Å². The number of rotatable bonds is 2. The number of carbonyl (C=O) groups is 2. The molecule has 0 saturated heterocycles. The highest BCUT2D eigenvalue weighted by Gasteiger charge is 2.22. The van der Waals surface area contributed by atoms with E-state index in [1.165, 1.54) is 0 Å². The van der Waals surface area contributed by atoms with E-state index in [9.17, 15) is 9.59 Å². The van der Waals surface area contributed by atoms with Crippen LogP contribution in [0.3, 0.4) is 0 Å². The Morgan fingerprint density at radius 1 is 0.625 bits per heavy atom. The van der Waals surface area contributed by atoms with Crippen molar-refractivity contribution in [3.63, 3.8) is 0 Å². The molecule has 0 saturated carbocycles. The fraction of sp³-hybridized carbons (Fsp3) is 0. The van der Waals surface area contributed by atoms with E-state index >= 15 is 0 Å². The monoisotopic (exact) mass is 320 g/mol. The summed E-state index contributed by atoms with van der Waals surface area (Å²) in [6.07, 6.45) is 7.12. The predicted octanol–water partition coefficient (Wildman–Crippen LogP) is 2.70. The van der Waals surface area contributed by atoms with Crippen LogP contribution in [0.2, 0.25) is 0 Å². The van der Waals surface area contributed by atoms with Crippen LogP contribution < -0.4 is 9.47 Å². The SMILES string of the molecule is O=C(Oc1ccn2ccccc12)C(=O)Oc1ccn2ccccc12. The molecule has 6 nitrogen and oxygen atoms in total. The molecule has 0 amide bonds. The van der Waals surface area contributed by atoms with Crippen molar-refractivity contribution in [2.45, 2.75) is 0 Å². The number of nitrogens with zero attached hydrogens (tertiary/aromatic N) is 2. The molecule has 4 aromatic heterocycles. The maximum Gasteiger partial charge on any atom is 0.423 e. The lowest BCUT2D eigenvalue weighted by molar-refractivity contribution is -0.156. The molecule has 0 spiro atoms. The minimum atomic E-state index is -1.07. The van der Waals surface area contributed by atoms with Crippen molar-refractivity contribution < 1.29 is 19.1 Å². The summed E-state index contributed by atoms with van der Waals surface area (Å²) in [5.74, 6) is -1.52. The lowest BCUT2D eigenvalue weighted by Gasteiger charge is -2.04. The van der Waals surface area contributed by atoms with Gasteiger partial charge in [-0.2, -0.15) is 0 Å². The number of esters is 2. The maximum atomic E-state index is 12.0. The van der Waals surface area contributed by atoms with Gasteiger partial charge in [0, 0.05) is 24.8 Å². The van der Waals surface area contributed by atoms with Crippen LogP contribution in [-0.2, 0) is 9.59 Å². The van der Waals surface area contributed by atoms with Crippen LogP contribution in [0.5, 0.6) is 11.5 Å². The van der Waals surface area contributed by atoms with Gasteiger partial charge in [0.2, 0.25) is 0 Å². The first kappa shape index (κ1) is 14.1. The van der Waals surface area contributed by atoms with Crippen molar-refractivity contribution in [3.8, 4) is 11.5 Å².